The molecule has 1 aromatic heterocycles. The summed E-state index contributed by atoms with van der Waals surface area (Å²) in [6.45, 7) is 1.22. The average molecular weight is 368 g/mol. The molecule has 9 heteroatoms. The maximum absolute atomic E-state index is 12.9. The molecule has 10 radical (unpaired) electrons. The van der Waals surface area contributed by atoms with E-state index in [1.165, 1.54) is 0 Å². The number of benzene rings is 2. The fourth-order valence-corrected chi connectivity index (χ4v) is 3.11. The standard InChI is InChI=1S/C20H16B5N3O/c1-28(2)8-7-26-20(29)11-9-13(27-12-6-4-3-5-10(11)12)14-15(21)17(23)19(25)18(24)16(14)22/h3-6,9H,7-8H2,1-2H3,(H,26,29). The second-order valence-corrected chi connectivity index (χ2v) is 7.07. The van der Waals surface area contributed by atoms with Crippen LogP contribution in [0.1, 0.15) is 10.4 Å². The minimum Gasteiger partial charge on any atom is -0.351 e. The zero-order valence-electron chi connectivity index (χ0n) is 16.5. The fraction of sp³-hybridized carbons (Fsp3) is 0.200. The van der Waals surface area contributed by atoms with Crippen LogP contribution in [-0.4, -0.2) is 82.2 Å². The van der Waals surface area contributed by atoms with E-state index in [2.05, 4.69) is 10.3 Å². The van der Waals surface area contributed by atoms with Crippen LogP contribution in [0.25, 0.3) is 22.2 Å². The third-order valence-electron chi connectivity index (χ3n) is 4.76. The van der Waals surface area contributed by atoms with Crippen molar-refractivity contribution in [2.24, 2.45) is 0 Å². The number of fused-ring (bicyclic) bond motifs is 1. The Bertz CT molecular complexity index is 1070. The van der Waals surface area contributed by atoms with E-state index < -0.39 is 0 Å². The molecule has 0 aliphatic rings. The Morgan fingerprint density at radius 1 is 0.966 bits per heavy atom. The summed E-state index contributed by atoms with van der Waals surface area (Å²) in [6.07, 6.45) is 0. The molecule has 29 heavy (non-hydrogen) atoms. The van der Waals surface area contributed by atoms with Gasteiger partial charge in [0.15, 0.2) is 0 Å². The summed E-state index contributed by atoms with van der Waals surface area (Å²) in [7, 11) is 34.1. The average Bonchev–Trinajstić information content (AvgIpc) is 2.70. The maximum atomic E-state index is 12.9. The third kappa shape index (κ3) is 4.15. The van der Waals surface area contributed by atoms with Crippen LogP contribution in [0.4, 0.5) is 0 Å². The second-order valence-electron chi connectivity index (χ2n) is 7.07. The van der Waals surface area contributed by atoms with Gasteiger partial charge in [0.1, 0.15) is 39.2 Å². The van der Waals surface area contributed by atoms with Gasteiger partial charge in [0, 0.05) is 18.5 Å². The number of likely N-dealkylation sites (N-methyl/N-ethyl adjacent to an activating group) is 1. The van der Waals surface area contributed by atoms with Crippen LogP contribution in [-0.2, 0) is 0 Å². The molecular formula is C20H16B5N3O. The van der Waals surface area contributed by atoms with E-state index in [0.29, 0.717) is 40.8 Å². The van der Waals surface area contributed by atoms with Gasteiger partial charge in [-0.2, -0.15) is 0 Å². The van der Waals surface area contributed by atoms with E-state index in [0.717, 1.165) is 0 Å². The molecule has 3 aromatic rings. The molecule has 132 valence electrons. The number of para-hydroxylation sites is 1. The first-order valence-corrected chi connectivity index (χ1v) is 9.06. The highest BCUT2D eigenvalue weighted by Gasteiger charge is 2.17. The quantitative estimate of drug-likeness (QED) is 0.494. The maximum Gasteiger partial charge on any atom is 0.252 e. The van der Waals surface area contributed by atoms with E-state index in [9.17, 15) is 4.79 Å². The van der Waals surface area contributed by atoms with Crippen LogP contribution in [0.5, 0.6) is 0 Å². The summed E-state index contributed by atoms with van der Waals surface area (Å²) >= 11 is 0. The number of hydrogen-bond donors (Lipinski definition) is 1. The van der Waals surface area contributed by atoms with Gasteiger partial charge in [-0.1, -0.05) is 29.1 Å². The van der Waals surface area contributed by atoms with E-state index in [-0.39, 0.29) is 33.2 Å². The predicted molar refractivity (Wildman–Crippen MR) is 125 cm³/mol. The molecule has 0 saturated carbocycles. The van der Waals surface area contributed by atoms with Crippen LogP contribution in [0.3, 0.4) is 0 Å². The lowest BCUT2D eigenvalue weighted by molar-refractivity contribution is 0.0952. The molecule has 0 aliphatic carbocycles. The largest absolute Gasteiger partial charge is 0.351 e. The van der Waals surface area contributed by atoms with E-state index in [4.69, 9.17) is 39.2 Å². The highest BCUT2D eigenvalue weighted by Crippen LogP contribution is 2.22. The second kappa shape index (κ2) is 8.54. The lowest BCUT2D eigenvalue weighted by atomic mass is 9.60. The normalized spacial score (nSPS) is 11.1. The molecule has 3 rings (SSSR count). The summed E-state index contributed by atoms with van der Waals surface area (Å²) in [5.74, 6) is -0.222. The van der Waals surface area contributed by atoms with Crippen LogP contribution < -0.4 is 32.6 Å². The Hall–Kier alpha value is -2.40. The number of nitrogens with zero attached hydrogens (tertiary/aromatic N) is 2. The predicted octanol–water partition coefficient (Wildman–Crippen LogP) is -2.84. The Balaban J connectivity index is 2.18. The SMILES string of the molecule is [B]c1c([B])c([B])c(-c2cc(C(=O)NCCN(C)C)c3ccccc3n2)c([B])c1[B]. The zero-order valence-corrected chi connectivity index (χ0v) is 16.5. The zero-order chi connectivity index (χ0) is 21.3. The van der Waals surface area contributed by atoms with Gasteiger partial charge in [0.2, 0.25) is 0 Å². The number of nitrogens with one attached hydrogen (secondary N) is 1. The topological polar surface area (TPSA) is 45.2 Å². The number of carbonyl (C=O) groups is 1. The van der Waals surface area contributed by atoms with E-state index in [1.54, 1.807) is 6.07 Å². The molecule has 0 fully saturated rings. The van der Waals surface area contributed by atoms with Crippen molar-refractivity contribution >= 4 is 83.4 Å². The van der Waals surface area contributed by atoms with Crippen LogP contribution in [0.15, 0.2) is 30.3 Å². The van der Waals surface area contributed by atoms with Gasteiger partial charge < -0.3 is 10.2 Å². The summed E-state index contributed by atoms with van der Waals surface area (Å²) in [5.41, 5.74) is 2.60. The first-order valence-electron chi connectivity index (χ1n) is 9.06. The van der Waals surface area contributed by atoms with E-state index >= 15 is 0 Å². The monoisotopic (exact) mass is 369 g/mol. The van der Waals surface area contributed by atoms with Gasteiger partial charge in [-0.25, -0.2) is 4.98 Å². The van der Waals surface area contributed by atoms with Gasteiger partial charge in [-0.05, 0) is 31.8 Å². The molecule has 0 atom stereocenters. The number of hydrogen-bond acceptors (Lipinski definition) is 3. The van der Waals surface area contributed by atoms with Crippen molar-refractivity contribution in [2.45, 2.75) is 0 Å². The minimum atomic E-state index is -0.222. The number of rotatable bonds is 5. The minimum absolute atomic E-state index is 0.131. The summed E-state index contributed by atoms with van der Waals surface area (Å²) in [4.78, 5) is 19.5. The fourth-order valence-electron chi connectivity index (χ4n) is 3.11. The summed E-state index contributed by atoms with van der Waals surface area (Å²) < 4.78 is 0. The van der Waals surface area contributed by atoms with Crippen molar-refractivity contribution in [2.75, 3.05) is 27.2 Å². The van der Waals surface area contributed by atoms with Crippen molar-refractivity contribution in [3.63, 3.8) is 0 Å². The van der Waals surface area contributed by atoms with Crippen molar-refractivity contribution in [3.05, 3.63) is 35.9 Å². The highest BCUT2D eigenvalue weighted by molar-refractivity contribution is 6.68. The smallest absolute Gasteiger partial charge is 0.252 e. The molecule has 0 spiro atoms. The number of amides is 1. The van der Waals surface area contributed by atoms with Crippen molar-refractivity contribution in [3.8, 4) is 11.3 Å². The van der Waals surface area contributed by atoms with Crippen LogP contribution >= 0.6 is 0 Å². The Morgan fingerprint density at radius 2 is 1.55 bits per heavy atom. The molecule has 4 nitrogen and oxygen atoms in total. The summed E-state index contributed by atoms with van der Waals surface area (Å²) in [5, 5.41) is 3.64. The summed E-state index contributed by atoms with van der Waals surface area (Å²) in [6, 6.07) is 8.98. The molecular weight excluding hydrogens is 352 g/mol. The van der Waals surface area contributed by atoms with Gasteiger partial charge in [0.25, 0.3) is 5.91 Å². The Morgan fingerprint density at radius 3 is 2.17 bits per heavy atom. The number of carbonyl (C=O) groups excluding carboxylic acids is 1. The van der Waals surface area contributed by atoms with Gasteiger partial charge in [-0.15, -0.1) is 16.4 Å². The molecule has 1 N–H and O–H groups in total. The lowest BCUT2D eigenvalue weighted by Crippen LogP contribution is -2.55. The molecule has 0 unspecified atom stereocenters. The molecule has 1 amide bonds. The van der Waals surface area contributed by atoms with Crippen molar-refractivity contribution in [1.29, 1.82) is 0 Å². The molecule has 0 aliphatic heterocycles. The van der Waals surface area contributed by atoms with Crippen LogP contribution in [0, 0.1) is 0 Å². The van der Waals surface area contributed by atoms with Crippen LogP contribution in [0.2, 0.25) is 0 Å². The number of pyridine rings is 1. The van der Waals surface area contributed by atoms with Gasteiger partial charge in [-0.3, -0.25) is 4.79 Å². The van der Waals surface area contributed by atoms with Gasteiger partial charge >= 0.3 is 0 Å². The first kappa shape index (κ1) is 21.3. The highest BCUT2D eigenvalue weighted by atomic mass is 16.1. The molecule has 2 aromatic carbocycles. The first-order chi connectivity index (χ1) is 13.7. The Kier molecular flexibility index (Phi) is 6.28. The molecule has 0 bridgehead atoms. The number of aromatic nitrogens is 1. The van der Waals surface area contributed by atoms with Gasteiger partial charge in [0.05, 0.1) is 16.8 Å². The lowest BCUT2D eigenvalue weighted by Gasteiger charge is -2.21. The molecule has 1 heterocycles. The molecule has 0 saturated heterocycles. The Labute approximate surface area is 177 Å². The third-order valence-corrected chi connectivity index (χ3v) is 4.76. The van der Waals surface area contributed by atoms with Crippen molar-refractivity contribution in [1.82, 2.24) is 15.2 Å². The van der Waals surface area contributed by atoms with E-state index in [1.807, 2.05) is 43.3 Å². The van der Waals surface area contributed by atoms with Crippen molar-refractivity contribution < 1.29 is 4.79 Å².